The van der Waals surface area contributed by atoms with Crippen LogP contribution in [0.4, 0.5) is 13.2 Å². The van der Waals surface area contributed by atoms with Crippen LogP contribution in [0.1, 0.15) is 40.5 Å². The number of hydrogen-bond donors (Lipinski definition) is 1. The van der Waals surface area contributed by atoms with Gasteiger partial charge in [0, 0.05) is 34.3 Å². The molecule has 1 aromatic heterocycles. The molecule has 0 unspecified atom stereocenters. The van der Waals surface area contributed by atoms with E-state index in [0.717, 1.165) is 6.07 Å². The number of carbonyl (C=O) groups excluding carboxylic acids is 1. The second-order valence-corrected chi connectivity index (χ2v) is 9.31. The molecule has 0 aliphatic carbocycles. The molecule has 1 N–H and O–H groups in total. The van der Waals surface area contributed by atoms with Crippen molar-refractivity contribution in [2.24, 2.45) is 0 Å². The zero-order valence-corrected chi connectivity index (χ0v) is 22.0. The lowest BCUT2D eigenvalue weighted by atomic mass is 10.0. The number of carboxylic acids is 1. The van der Waals surface area contributed by atoms with Crippen molar-refractivity contribution in [3.63, 3.8) is 0 Å². The molecule has 0 saturated carbocycles. The van der Waals surface area contributed by atoms with E-state index in [9.17, 15) is 27.9 Å². The van der Waals surface area contributed by atoms with Crippen molar-refractivity contribution in [1.82, 2.24) is 4.57 Å². The van der Waals surface area contributed by atoms with Crippen LogP contribution in [0.25, 0.3) is 10.9 Å². The molecule has 0 fully saturated rings. The number of halogens is 5. The molecule has 0 radical (unpaired) electrons. The van der Waals surface area contributed by atoms with Crippen molar-refractivity contribution in [2.75, 3.05) is 0 Å². The lowest BCUT2D eigenvalue weighted by molar-refractivity contribution is -0.274. The number of nitrogens with zero attached hydrogens (tertiary/aromatic N) is 1. The van der Waals surface area contributed by atoms with Gasteiger partial charge in [0.2, 0.25) is 0 Å². The Hall–Kier alpha value is -3.69. The van der Waals surface area contributed by atoms with Crippen LogP contribution in [0.2, 0.25) is 5.02 Å². The highest BCUT2D eigenvalue weighted by molar-refractivity contribution is 6.30. The molecule has 1 atom stereocenters. The predicted octanol–water partition coefficient (Wildman–Crippen LogP) is 7.45. The molecule has 204 valence electrons. The molecule has 3 aromatic carbocycles. The third-order valence-corrected chi connectivity index (χ3v) is 6.51. The Morgan fingerprint density at radius 1 is 1.03 bits per heavy atom. The van der Waals surface area contributed by atoms with Crippen LogP contribution in [0.3, 0.4) is 0 Å². The van der Waals surface area contributed by atoms with E-state index >= 15 is 0 Å². The van der Waals surface area contributed by atoms with Gasteiger partial charge in [-0.25, -0.2) is 4.79 Å². The summed E-state index contributed by atoms with van der Waals surface area (Å²) in [6.07, 6.45) is -5.71. The number of aromatic nitrogens is 1. The molecular formula is C28H22Cl2F3NO5. The van der Waals surface area contributed by atoms with Crippen LogP contribution in [0.15, 0.2) is 66.7 Å². The molecular weight excluding hydrogens is 558 g/mol. The maximum atomic E-state index is 13.6. The Bertz CT molecular complexity index is 1520. The summed E-state index contributed by atoms with van der Waals surface area (Å²) >= 11 is 12.3. The summed E-state index contributed by atoms with van der Waals surface area (Å²) < 4.78 is 50.3. The van der Waals surface area contributed by atoms with Crippen LogP contribution in [-0.2, 0) is 17.2 Å². The van der Waals surface area contributed by atoms with E-state index in [-0.39, 0.29) is 30.2 Å². The van der Waals surface area contributed by atoms with Crippen molar-refractivity contribution in [1.29, 1.82) is 0 Å². The number of rotatable bonds is 10. The van der Waals surface area contributed by atoms with Gasteiger partial charge in [0.15, 0.2) is 11.9 Å². The SMILES string of the molecule is CC[C@@H](Oc1cccc(Cn2c(CCl)c(C(=O)c3ccc(Cl)cc3)c3ccc(OC(F)(F)F)cc32)c1)C(=O)O. The number of carbonyl (C=O) groups is 2. The van der Waals surface area contributed by atoms with E-state index in [4.69, 9.17) is 27.9 Å². The van der Waals surface area contributed by atoms with Crippen molar-refractivity contribution in [2.45, 2.75) is 38.2 Å². The van der Waals surface area contributed by atoms with Crippen LogP contribution < -0.4 is 9.47 Å². The van der Waals surface area contributed by atoms with Gasteiger partial charge >= 0.3 is 12.3 Å². The molecule has 6 nitrogen and oxygen atoms in total. The molecule has 4 rings (SSSR count). The third-order valence-electron chi connectivity index (χ3n) is 6.00. The second kappa shape index (κ2) is 11.6. The smallest absolute Gasteiger partial charge is 0.479 e. The molecule has 39 heavy (non-hydrogen) atoms. The maximum absolute atomic E-state index is 13.6. The van der Waals surface area contributed by atoms with E-state index in [1.165, 1.54) is 12.1 Å². The van der Waals surface area contributed by atoms with Gasteiger partial charge in [-0.3, -0.25) is 4.79 Å². The molecule has 0 bridgehead atoms. The van der Waals surface area contributed by atoms with E-state index in [1.54, 1.807) is 60.0 Å². The van der Waals surface area contributed by atoms with Crippen molar-refractivity contribution in [3.8, 4) is 11.5 Å². The number of alkyl halides is 4. The van der Waals surface area contributed by atoms with Crippen LogP contribution in [-0.4, -0.2) is 33.9 Å². The first-order valence-electron chi connectivity index (χ1n) is 11.8. The number of ether oxygens (including phenoxy) is 2. The van der Waals surface area contributed by atoms with E-state index in [0.29, 0.717) is 38.5 Å². The summed E-state index contributed by atoms with van der Waals surface area (Å²) in [5, 5.41) is 10.2. The Morgan fingerprint density at radius 3 is 2.36 bits per heavy atom. The van der Waals surface area contributed by atoms with Gasteiger partial charge in [0.25, 0.3) is 0 Å². The number of fused-ring (bicyclic) bond motifs is 1. The monoisotopic (exact) mass is 579 g/mol. The van der Waals surface area contributed by atoms with Gasteiger partial charge in [0.05, 0.1) is 17.0 Å². The van der Waals surface area contributed by atoms with Crippen molar-refractivity contribution < 1.29 is 37.3 Å². The average molecular weight is 580 g/mol. The number of ketones is 1. The lowest BCUT2D eigenvalue weighted by Crippen LogP contribution is -2.25. The van der Waals surface area contributed by atoms with Gasteiger partial charge < -0.3 is 19.1 Å². The summed E-state index contributed by atoms with van der Waals surface area (Å²) in [6, 6.07) is 16.6. The van der Waals surface area contributed by atoms with Crippen LogP contribution in [0.5, 0.6) is 11.5 Å². The Morgan fingerprint density at radius 2 is 1.74 bits per heavy atom. The Labute approximate surface area is 231 Å². The molecule has 0 aliphatic rings. The minimum absolute atomic E-state index is 0.100. The number of hydrogen-bond acceptors (Lipinski definition) is 4. The highest BCUT2D eigenvalue weighted by Crippen LogP contribution is 2.35. The first-order chi connectivity index (χ1) is 18.5. The van der Waals surface area contributed by atoms with Gasteiger partial charge in [-0.1, -0.05) is 30.7 Å². The Kier molecular flexibility index (Phi) is 8.42. The van der Waals surface area contributed by atoms with Crippen molar-refractivity contribution in [3.05, 3.63) is 94.1 Å². The predicted molar refractivity (Wildman–Crippen MR) is 141 cm³/mol. The first-order valence-corrected chi connectivity index (χ1v) is 12.7. The fourth-order valence-corrected chi connectivity index (χ4v) is 4.67. The summed E-state index contributed by atoms with van der Waals surface area (Å²) in [7, 11) is 0. The Balaban J connectivity index is 1.84. The zero-order chi connectivity index (χ0) is 28.3. The normalized spacial score (nSPS) is 12.4. The minimum Gasteiger partial charge on any atom is -0.479 e. The fourth-order valence-electron chi connectivity index (χ4n) is 4.27. The fraction of sp³-hybridized carbons (Fsp3) is 0.214. The van der Waals surface area contributed by atoms with Gasteiger partial charge in [-0.2, -0.15) is 0 Å². The third kappa shape index (κ3) is 6.49. The first kappa shape index (κ1) is 28.3. The van der Waals surface area contributed by atoms with E-state index < -0.39 is 24.2 Å². The molecule has 1 heterocycles. The van der Waals surface area contributed by atoms with E-state index in [2.05, 4.69) is 4.74 Å². The second-order valence-electron chi connectivity index (χ2n) is 8.60. The highest BCUT2D eigenvalue weighted by Gasteiger charge is 2.32. The zero-order valence-electron chi connectivity index (χ0n) is 20.5. The highest BCUT2D eigenvalue weighted by atomic mass is 35.5. The number of carboxylic acid groups (broad SMARTS) is 1. The molecule has 4 aromatic rings. The quantitative estimate of drug-likeness (QED) is 0.156. The number of benzene rings is 3. The maximum Gasteiger partial charge on any atom is 0.573 e. The summed E-state index contributed by atoms with van der Waals surface area (Å²) in [5.41, 5.74) is 1.90. The molecule has 0 aliphatic heterocycles. The summed E-state index contributed by atoms with van der Waals surface area (Å²) in [6.45, 7) is 1.78. The van der Waals surface area contributed by atoms with Gasteiger partial charge in [0.1, 0.15) is 11.5 Å². The van der Waals surface area contributed by atoms with Crippen LogP contribution in [0, 0.1) is 0 Å². The van der Waals surface area contributed by atoms with Gasteiger partial charge in [-0.05, 0) is 60.5 Å². The standard InChI is InChI=1S/C28H22Cl2F3NO5/c1-2-24(27(36)37)38-19-5-3-4-16(12-19)15-34-22-13-20(39-28(31,32)33)10-11-21(22)25(23(34)14-29)26(35)17-6-8-18(30)9-7-17/h3-13,24H,2,14-15H2,1H3,(H,36,37)/t24-/m1/s1. The molecule has 0 saturated heterocycles. The lowest BCUT2D eigenvalue weighted by Gasteiger charge is -2.15. The van der Waals surface area contributed by atoms with E-state index in [1.807, 2.05) is 0 Å². The molecule has 0 spiro atoms. The largest absolute Gasteiger partial charge is 0.573 e. The minimum atomic E-state index is -4.91. The topological polar surface area (TPSA) is 77.8 Å². The number of aliphatic carboxylic acids is 1. The van der Waals surface area contributed by atoms with Crippen molar-refractivity contribution >= 4 is 45.9 Å². The molecule has 11 heteroatoms. The molecule has 0 amide bonds. The summed E-state index contributed by atoms with van der Waals surface area (Å²) in [5.74, 6) is -1.74. The average Bonchev–Trinajstić information content (AvgIpc) is 3.18. The summed E-state index contributed by atoms with van der Waals surface area (Å²) in [4.78, 5) is 25.0. The van der Waals surface area contributed by atoms with Crippen LogP contribution >= 0.6 is 23.2 Å². The van der Waals surface area contributed by atoms with Gasteiger partial charge in [-0.15, -0.1) is 24.8 Å².